The Morgan fingerprint density at radius 3 is 2.95 bits per heavy atom. The van der Waals surface area contributed by atoms with Gasteiger partial charge in [0.05, 0.1) is 32.1 Å². The number of aromatic nitrogens is 2. The molecule has 3 rings (SSSR count). The molecule has 4 nitrogen and oxygen atoms in total. The van der Waals surface area contributed by atoms with Crippen LogP contribution in [0.3, 0.4) is 0 Å². The van der Waals surface area contributed by atoms with Crippen molar-refractivity contribution in [2.45, 2.75) is 32.9 Å². The van der Waals surface area contributed by atoms with E-state index in [-0.39, 0.29) is 6.10 Å². The molecule has 0 bridgehead atoms. The average Bonchev–Trinajstić information content (AvgIpc) is 2.65. The predicted molar refractivity (Wildman–Crippen MR) is 85.8 cm³/mol. The van der Waals surface area contributed by atoms with Crippen molar-refractivity contribution in [3.63, 3.8) is 0 Å². The summed E-state index contributed by atoms with van der Waals surface area (Å²) >= 11 is 3.59. The van der Waals surface area contributed by atoms with Crippen molar-refractivity contribution in [3.05, 3.63) is 34.1 Å². The van der Waals surface area contributed by atoms with Crippen molar-refractivity contribution in [2.24, 2.45) is 0 Å². The maximum absolute atomic E-state index is 5.76. The second-order valence-corrected chi connectivity index (χ2v) is 6.15. The zero-order valence-electron chi connectivity index (χ0n) is 12.5. The summed E-state index contributed by atoms with van der Waals surface area (Å²) in [5.41, 5.74) is 3.43. The quantitative estimate of drug-likeness (QED) is 0.830. The largest absolute Gasteiger partial charge is 0.496 e. The first-order chi connectivity index (χ1) is 10.1. The van der Waals surface area contributed by atoms with Crippen molar-refractivity contribution >= 4 is 15.9 Å². The lowest BCUT2D eigenvalue weighted by molar-refractivity contribution is 0.0666. The third kappa shape index (κ3) is 2.72. The molecule has 2 heterocycles. The summed E-state index contributed by atoms with van der Waals surface area (Å²) in [5.74, 6) is 1.89. The minimum atomic E-state index is 0.199. The Balaban J connectivity index is 2.09. The van der Waals surface area contributed by atoms with Crippen LogP contribution in [0.2, 0.25) is 0 Å². The molecule has 21 heavy (non-hydrogen) atoms. The Kier molecular flexibility index (Phi) is 4.04. The zero-order valence-corrected chi connectivity index (χ0v) is 14.1. The molecule has 2 aromatic rings. The molecule has 1 unspecified atom stereocenters. The van der Waals surface area contributed by atoms with Crippen LogP contribution in [0.15, 0.2) is 22.8 Å². The van der Waals surface area contributed by atoms with Gasteiger partial charge in [0.2, 0.25) is 0 Å². The van der Waals surface area contributed by atoms with Crippen molar-refractivity contribution in [2.75, 3.05) is 13.7 Å². The van der Waals surface area contributed by atoms with E-state index in [4.69, 9.17) is 14.5 Å². The summed E-state index contributed by atoms with van der Waals surface area (Å²) in [6.45, 7) is 5.72. The molecule has 5 heteroatoms. The first kappa shape index (κ1) is 14.6. The van der Waals surface area contributed by atoms with Gasteiger partial charge in [-0.1, -0.05) is 0 Å². The number of aryl methyl sites for hydroxylation is 1. The molecule has 1 aliphatic heterocycles. The predicted octanol–water partition coefficient (Wildman–Crippen LogP) is 3.59. The minimum absolute atomic E-state index is 0.199. The molecule has 1 aromatic carbocycles. The Labute approximate surface area is 133 Å². The van der Waals surface area contributed by atoms with E-state index in [1.54, 1.807) is 7.11 Å². The number of nitrogens with zero attached hydrogens (tertiary/aromatic N) is 2. The lowest BCUT2D eigenvalue weighted by atomic mass is 10.1. The summed E-state index contributed by atoms with van der Waals surface area (Å²) in [5, 5.41) is 0. The van der Waals surface area contributed by atoms with Crippen LogP contribution >= 0.6 is 15.9 Å². The molecule has 0 aliphatic carbocycles. The highest BCUT2D eigenvalue weighted by Crippen LogP contribution is 2.31. The lowest BCUT2D eigenvalue weighted by Gasteiger charge is -2.13. The molecule has 0 saturated heterocycles. The Morgan fingerprint density at radius 2 is 2.24 bits per heavy atom. The fraction of sp³-hybridized carbons (Fsp3) is 0.438. The third-order valence-electron chi connectivity index (χ3n) is 3.86. The van der Waals surface area contributed by atoms with Gasteiger partial charge in [-0.3, -0.25) is 0 Å². The van der Waals surface area contributed by atoms with Gasteiger partial charge in [0.1, 0.15) is 16.2 Å². The lowest BCUT2D eigenvalue weighted by Crippen LogP contribution is -2.15. The molecule has 1 aliphatic rings. The van der Waals surface area contributed by atoms with Gasteiger partial charge in [0, 0.05) is 12.0 Å². The number of halogens is 1. The van der Waals surface area contributed by atoms with Crippen LogP contribution in [0.1, 0.15) is 18.2 Å². The van der Waals surface area contributed by atoms with E-state index < -0.39 is 0 Å². The normalized spacial score (nSPS) is 18.2. The summed E-state index contributed by atoms with van der Waals surface area (Å²) in [6.07, 6.45) is 1.08. The second kappa shape index (κ2) is 5.81. The molecule has 1 atom stereocenters. The third-order valence-corrected chi connectivity index (χ3v) is 4.49. The zero-order chi connectivity index (χ0) is 15.0. The number of rotatable bonds is 2. The van der Waals surface area contributed by atoms with Gasteiger partial charge in [0.15, 0.2) is 0 Å². The van der Waals surface area contributed by atoms with E-state index in [0.29, 0.717) is 0 Å². The molecule has 0 amide bonds. The van der Waals surface area contributed by atoms with Crippen molar-refractivity contribution in [1.82, 2.24) is 9.55 Å². The number of hydrogen-bond acceptors (Lipinski definition) is 3. The summed E-state index contributed by atoms with van der Waals surface area (Å²) in [4.78, 5) is 4.72. The standard InChI is InChI=1S/C16H19BrN2O2/c1-10-8-12(4-5-14(10)20-3)16-18-15(17)13-6-7-21-11(2)9-19(13)16/h4-5,8,11H,6-7,9H2,1-3H3. The smallest absolute Gasteiger partial charge is 0.141 e. The van der Waals surface area contributed by atoms with Crippen LogP contribution in [0.4, 0.5) is 0 Å². The number of fused-ring (bicyclic) bond motifs is 1. The molecular weight excluding hydrogens is 332 g/mol. The minimum Gasteiger partial charge on any atom is -0.496 e. The molecule has 0 saturated carbocycles. The van der Waals surface area contributed by atoms with Crippen LogP contribution < -0.4 is 4.74 Å². The van der Waals surface area contributed by atoms with E-state index in [1.807, 2.05) is 6.07 Å². The highest BCUT2D eigenvalue weighted by atomic mass is 79.9. The van der Waals surface area contributed by atoms with E-state index in [1.165, 1.54) is 5.69 Å². The van der Waals surface area contributed by atoms with Crippen LogP contribution in [-0.2, 0) is 17.7 Å². The number of imidazole rings is 1. The average molecular weight is 351 g/mol. The fourth-order valence-corrected chi connectivity index (χ4v) is 3.38. The molecule has 0 radical (unpaired) electrons. The number of methoxy groups -OCH3 is 1. The molecular formula is C16H19BrN2O2. The number of hydrogen-bond donors (Lipinski definition) is 0. The number of benzene rings is 1. The van der Waals surface area contributed by atoms with Gasteiger partial charge in [0.25, 0.3) is 0 Å². The first-order valence-corrected chi connectivity index (χ1v) is 7.91. The maximum atomic E-state index is 5.76. The van der Waals surface area contributed by atoms with Gasteiger partial charge in [-0.25, -0.2) is 4.98 Å². The molecule has 0 fully saturated rings. The van der Waals surface area contributed by atoms with Crippen LogP contribution in [0, 0.1) is 6.92 Å². The molecule has 0 N–H and O–H groups in total. The van der Waals surface area contributed by atoms with E-state index in [2.05, 4.69) is 46.5 Å². The topological polar surface area (TPSA) is 36.3 Å². The van der Waals surface area contributed by atoms with Gasteiger partial charge < -0.3 is 14.0 Å². The second-order valence-electron chi connectivity index (χ2n) is 5.40. The van der Waals surface area contributed by atoms with Crippen molar-refractivity contribution < 1.29 is 9.47 Å². The SMILES string of the molecule is COc1ccc(-c2nc(Br)c3n2CC(C)OCC3)cc1C. The van der Waals surface area contributed by atoms with Gasteiger partial charge in [-0.15, -0.1) is 0 Å². The van der Waals surface area contributed by atoms with E-state index in [0.717, 1.165) is 46.9 Å². The van der Waals surface area contributed by atoms with Gasteiger partial charge in [-0.05, 0) is 53.5 Å². The molecule has 0 spiro atoms. The van der Waals surface area contributed by atoms with Crippen LogP contribution in [-0.4, -0.2) is 29.4 Å². The highest BCUT2D eigenvalue weighted by Gasteiger charge is 2.21. The highest BCUT2D eigenvalue weighted by molar-refractivity contribution is 9.10. The van der Waals surface area contributed by atoms with Gasteiger partial charge >= 0.3 is 0 Å². The fourth-order valence-electron chi connectivity index (χ4n) is 2.80. The first-order valence-electron chi connectivity index (χ1n) is 7.11. The Hall–Kier alpha value is -1.33. The summed E-state index contributed by atoms with van der Waals surface area (Å²) < 4.78 is 14.3. The van der Waals surface area contributed by atoms with Gasteiger partial charge in [-0.2, -0.15) is 0 Å². The van der Waals surface area contributed by atoms with Crippen LogP contribution in [0.5, 0.6) is 5.75 Å². The molecule has 1 aromatic heterocycles. The monoisotopic (exact) mass is 350 g/mol. The Bertz CT molecular complexity index is 667. The Morgan fingerprint density at radius 1 is 1.43 bits per heavy atom. The summed E-state index contributed by atoms with van der Waals surface area (Å²) in [6, 6.07) is 6.18. The summed E-state index contributed by atoms with van der Waals surface area (Å²) in [7, 11) is 1.69. The van der Waals surface area contributed by atoms with Crippen molar-refractivity contribution in [3.8, 4) is 17.1 Å². The van der Waals surface area contributed by atoms with Crippen molar-refractivity contribution in [1.29, 1.82) is 0 Å². The van der Waals surface area contributed by atoms with E-state index in [9.17, 15) is 0 Å². The number of ether oxygens (including phenoxy) is 2. The molecule has 112 valence electrons. The maximum Gasteiger partial charge on any atom is 0.141 e. The van der Waals surface area contributed by atoms with Crippen LogP contribution in [0.25, 0.3) is 11.4 Å². The van der Waals surface area contributed by atoms with E-state index >= 15 is 0 Å².